The minimum absolute atomic E-state index is 0.487. The molecule has 2 aliphatic heterocycles. The van der Waals surface area contributed by atoms with Crippen molar-refractivity contribution in [2.24, 2.45) is 11.8 Å². The highest BCUT2D eigenvalue weighted by molar-refractivity contribution is 5.12. The molecule has 1 aliphatic carbocycles. The van der Waals surface area contributed by atoms with Crippen molar-refractivity contribution in [2.45, 2.75) is 45.1 Å². The van der Waals surface area contributed by atoms with Crippen LogP contribution in [0.5, 0.6) is 0 Å². The Morgan fingerprint density at radius 3 is 2.83 bits per heavy atom. The molecule has 0 aromatic heterocycles. The second kappa shape index (κ2) is 4.97. The van der Waals surface area contributed by atoms with E-state index in [1.54, 1.807) is 5.57 Å². The predicted octanol–water partition coefficient (Wildman–Crippen LogP) is 2.99. The molecule has 0 aromatic rings. The molecule has 0 N–H and O–H groups in total. The maximum Gasteiger partial charge on any atom is 0.113 e. The van der Waals surface area contributed by atoms with Crippen LogP contribution in [0.15, 0.2) is 11.6 Å². The fraction of sp³-hybridized carbons (Fsp3) is 0.875. The Balaban J connectivity index is 1.68. The van der Waals surface area contributed by atoms with Crippen molar-refractivity contribution in [3.8, 4) is 0 Å². The van der Waals surface area contributed by atoms with E-state index in [2.05, 4.69) is 20.0 Å². The van der Waals surface area contributed by atoms with Crippen molar-refractivity contribution in [2.75, 3.05) is 33.3 Å². The van der Waals surface area contributed by atoms with Crippen molar-refractivity contribution >= 4 is 0 Å². The Kier molecular flexibility index (Phi) is 3.50. The topological polar surface area (TPSA) is 9.23 Å². The van der Waals surface area contributed by atoms with Gasteiger partial charge in [-0.25, -0.2) is 0 Å². The zero-order chi connectivity index (χ0) is 12.6. The van der Waals surface area contributed by atoms with Crippen molar-refractivity contribution in [1.82, 2.24) is 0 Å². The number of hydrogen-bond donors (Lipinski definition) is 0. The zero-order valence-corrected chi connectivity index (χ0v) is 12.0. The van der Waals surface area contributed by atoms with Crippen molar-refractivity contribution < 1.29 is 9.22 Å². The van der Waals surface area contributed by atoms with E-state index in [9.17, 15) is 0 Å². The van der Waals surface area contributed by atoms with Crippen LogP contribution in [0.1, 0.15) is 39.0 Å². The fourth-order valence-electron chi connectivity index (χ4n) is 4.17. The summed E-state index contributed by atoms with van der Waals surface area (Å²) in [7, 11) is 2.44. The van der Waals surface area contributed by atoms with E-state index >= 15 is 0 Å². The molecule has 3 atom stereocenters. The first-order valence-corrected chi connectivity index (χ1v) is 7.78. The van der Waals surface area contributed by atoms with Crippen LogP contribution in [0.25, 0.3) is 0 Å². The Morgan fingerprint density at radius 2 is 2.06 bits per heavy atom. The molecule has 3 aliphatic rings. The molecule has 0 amide bonds. The Hall–Kier alpha value is -0.340. The summed E-state index contributed by atoms with van der Waals surface area (Å²) in [6.45, 7) is 7.28. The summed E-state index contributed by atoms with van der Waals surface area (Å²) in [6, 6.07) is 0. The number of rotatable bonds is 2. The summed E-state index contributed by atoms with van der Waals surface area (Å²) in [5.74, 6) is 1.52. The van der Waals surface area contributed by atoms with Crippen LogP contribution in [0.2, 0.25) is 0 Å². The van der Waals surface area contributed by atoms with Gasteiger partial charge in [0, 0.05) is 5.92 Å². The Bertz CT molecular complexity index is 330. The average molecular weight is 250 g/mol. The average Bonchev–Trinajstić information content (AvgIpc) is 2.37. The number of nitrogens with zero attached hydrogens (tertiary/aromatic N) is 1. The highest BCUT2D eigenvalue weighted by Gasteiger charge is 2.39. The van der Waals surface area contributed by atoms with Gasteiger partial charge in [0.2, 0.25) is 0 Å². The highest BCUT2D eigenvalue weighted by Crippen LogP contribution is 2.38. The molecule has 0 radical (unpaired) electrons. The van der Waals surface area contributed by atoms with Gasteiger partial charge in [-0.05, 0) is 44.9 Å². The summed E-state index contributed by atoms with van der Waals surface area (Å²) in [5, 5.41) is 0. The number of piperidine rings is 1. The number of allylic oxidation sites excluding steroid dienone is 1. The van der Waals surface area contributed by atoms with E-state index in [0.29, 0.717) is 6.10 Å². The molecule has 0 saturated carbocycles. The lowest BCUT2D eigenvalue weighted by Gasteiger charge is -2.45. The molecule has 2 bridgehead atoms. The summed E-state index contributed by atoms with van der Waals surface area (Å²) in [4.78, 5) is 0. The maximum atomic E-state index is 6.23. The van der Waals surface area contributed by atoms with E-state index in [1.165, 1.54) is 56.2 Å². The lowest BCUT2D eigenvalue weighted by molar-refractivity contribution is -0.917. The van der Waals surface area contributed by atoms with Crippen LogP contribution in [0.4, 0.5) is 0 Å². The molecule has 2 heterocycles. The van der Waals surface area contributed by atoms with Crippen LogP contribution >= 0.6 is 0 Å². The number of likely N-dealkylation sites (N-methyl/N-ethyl adjacent to an activating group) is 1. The number of quaternary nitrogens is 1. The minimum Gasteiger partial charge on any atom is -0.371 e. The van der Waals surface area contributed by atoms with Gasteiger partial charge < -0.3 is 9.22 Å². The number of likely N-dealkylation sites (tertiary alicyclic amines) is 1. The SMILES string of the molecule is CC1=CC[C@H]2CO[C@@H](C[N+]3(C)CCCCC3)[C@@H]1C2. The third kappa shape index (κ3) is 2.50. The summed E-state index contributed by atoms with van der Waals surface area (Å²) in [5.41, 5.74) is 1.60. The molecular formula is C16H28NO+. The van der Waals surface area contributed by atoms with E-state index in [1.807, 2.05) is 0 Å². The van der Waals surface area contributed by atoms with Crippen LogP contribution < -0.4 is 0 Å². The molecule has 18 heavy (non-hydrogen) atoms. The van der Waals surface area contributed by atoms with Gasteiger partial charge in [-0.15, -0.1) is 0 Å². The largest absolute Gasteiger partial charge is 0.371 e. The van der Waals surface area contributed by atoms with Crippen LogP contribution in [0, 0.1) is 11.8 Å². The molecule has 102 valence electrons. The Labute approximate surface area is 112 Å². The third-order valence-corrected chi connectivity index (χ3v) is 5.46. The second-order valence-electron chi connectivity index (χ2n) is 7.07. The number of fused-ring (bicyclic) bond motifs is 2. The molecule has 3 rings (SSSR count). The van der Waals surface area contributed by atoms with Crippen LogP contribution in [0.3, 0.4) is 0 Å². The zero-order valence-electron chi connectivity index (χ0n) is 12.0. The van der Waals surface area contributed by atoms with Crippen molar-refractivity contribution in [3.05, 3.63) is 11.6 Å². The van der Waals surface area contributed by atoms with Gasteiger partial charge in [0.15, 0.2) is 0 Å². The van der Waals surface area contributed by atoms with Gasteiger partial charge in [0.25, 0.3) is 0 Å². The van der Waals surface area contributed by atoms with Gasteiger partial charge in [-0.3, -0.25) is 0 Å². The van der Waals surface area contributed by atoms with E-state index in [4.69, 9.17) is 4.74 Å². The summed E-state index contributed by atoms with van der Waals surface area (Å²) >= 11 is 0. The maximum absolute atomic E-state index is 6.23. The molecule has 0 unspecified atom stereocenters. The quantitative estimate of drug-likeness (QED) is 0.541. The van der Waals surface area contributed by atoms with Crippen LogP contribution in [-0.4, -0.2) is 43.9 Å². The fourth-order valence-corrected chi connectivity index (χ4v) is 4.17. The normalized spacial score (nSPS) is 39.2. The molecule has 2 nitrogen and oxygen atoms in total. The number of ether oxygens (including phenoxy) is 1. The molecule has 2 saturated heterocycles. The van der Waals surface area contributed by atoms with E-state index < -0.39 is 0 Å². The molecule has 0 aromatic carbocycles. The highest BCUT2D eigenvalue weighted by atomic mass is 16.5. The lowest BCUT2D eigenvalue weighted by Crippen LogP contribution is -2.55. The van der Waals surface area contributed by atoms with Crippen molar-refractivity contribution in [3.63, 3.8) is 0 Å². The second-order valence-corrected chi connectivity index (χ2v) is 7.07. The van der Waals surface area contributed by atoms with E-state index in [-0.39, 0.29) is 0 Å². The number of hydrogen-bond acceptors (Lipinski definition) is 1. The molecule has 2 heteroatoms. The minimum atomic E-state index is 0.487. The summed E-state index contributed by atoms with van der Waals surface area (Å²) < 4.78 is 7.48. The van der Waals surface area contributed by atoms with Crippen LogP contribution in [-0.2, 0) is 4.74 Å². The Morgan fingerprint density at radius 1 is 1.28 bits per heavy atom. The first kappa shape index (κ1) is 12.7. The third-order valence-electron chi connectivity index (χ3n) is 5.46. The van der Waals surface area contributed by atoms with Gasteiger partial charge in [0.1, 0.15) is 12.6 Å². The van der Waals surface area contributed by atoms with Gasteiger partial charge in [0.05, 0.1) is 26.7 Å². The van der Waals surface area contributed by atoms with Crippen molar-refractivity contribution in [1.29, 1.82) is 0 Å². The van der Waals surface area contributed by atoms with Gasteiger partial charge >= 0.3 is 0 Å². The molecule has 2 fully saturated rings. The first-order chi connectivity index (χ1) is 8.66. The summed E-state index contributed by atoms with van der Waals surface area (Å²) in [6.07, 6.45) is 9.85. The lowest BCUT2D eigenvalue weighted by atomic mass is 9.76. The monoisotopic (exact) mass is 250 g/mol. The van der Waals surface area contributed by atoms with E-state index in [0.717, 1.165) is 18.4 Å². The predicted molar refractivity (Wildman–Crippen MR) is 74.3 cm³/mol. The van der Waals surface area contributed by atoms with Gasteiger partial charge in [-0.2, -0.15) is 0 Å². The molecular weight excluding hydrogens is 222 g/mol. The first-order valence-electron chi connectivity index (χ1n) is 7.78. The smallest absolute Gasteiger partial charge is 0.113 e. The molecule has 0 spiro atoms. The standard InChI is InChI=1S/C16H28NO/c1-13-6-7-14-10-15(13)16(18-12-14)11-17(2)8-4-3-5-9-17/h6,14-16H,3-5,7-12H2,1-2H3/q+1/t14-,15-,16+/m1/s1. The van der Waals surface area contributed by atoms with Gasteiger partial charge in [-0.1, -0.05) is 11.6 Å².